The van der Waals surface area contributed by atoms with Gasteiger partial charge in [0.15, 0.2) is 0 Å². The molecule has 5 rings (SSSR count). The standard InChI is InChI=1S/C34H39N7/c1-6-26(13-14-27-11-9-8-10-12-27)21-28(7-2)29-15-16-30-34(37-29)33(39-38-30)25(4)36-31-22-35-23-32(24(31)3)41-19-17-40(5)18-20-41/h6-12,15-16,21-23,36H,1,4,13-14,17-20H2,2-3,5H3,(H,38,39)/b26-21+,28-7+. The molecule has 1 saturated heterocycles. The first-order chi connectivity index (χ1) is 20.0. The van der Waals surface area contributed by atoms with Crippen LogP contribution in [0, 0.1) is 6.92 Å². The molecule has 4 heterocycles. The van der Waals surface area contributed by atoms with E-state index in [1.807, 2.05) is 43.6 Å². The highest BCUT2D eigenvalue weighted by atomic mass is 15.3. The van der Waals surface area contributed by atoms with Crippen LogP contribution in [0.5, 0.6) is 0 Å². The van der Waals surface area contributed by atoms with E-state index in [0.29, 0.717) is 11.4 Å². The Morgan fingerprint density at radius 1 is 1.07 bits per heavy atom. The molecule has 1 aromatic carbocycles. The number of pyridine rings is 2. The van der Waals surface area contributed by atoms with E-state index in [4.69, 9.17) is 4.98 Å². The number of benzene rings is 1. The molecular formula is C34H39N7. The third kappa shape index (κ3) is 6.47. The zero-order valence-electron chi connectivity index (χ0n) is 24.3. The maximum atomic E-state index is 5.02. The quantitative estimate of drug-likeness (QED) is 0.218. The summed E-state index contributed by atoms with van der Waals surface area (Å²) in [6, 6.07) is 14.6. The Hall–Kier alpha value is -4.49. The van der Waals surface area contributed by atoms with Gasteiger partial charge in [-0.2, -0.15) is 5.10 Å². The van der Waals surface area contributed by atoms with Crippen molar-refractivity contribution in [3.05, 3.63) is 114 Å². The van der Waals surface area contributed by atoms with Crippen LogP contribution in [-0.2, 0) is 6.42 Å². The number of anilines is 2. The van der Waals surface area contributed by atoms with E-state index >= 15 is 0 Å². The molecule has 0 radical (unpaired) electrons. The van der Waals surface area contributed by atoms with E-state index in [9.17, 15) is 0 Å². The number of H-pyrrole nitrogens is 1. The number of hydrogen-bond donors (Lipinski definition) is 2. The predicted octanol–water partition coefficient (Wildman–Crippen LogP) is 6.64. The lowest BCUT2D eigenvalue weighted by molar-refractivity contribution is 0.312. The minimum absolute atomic E-state index is 0.675. The van der Waals surface area contributed by atoms with Gasteiger partial charge in [-0.05, 0) is 74.2 Å². The van der Waals surface area contributed by atoms with Crippen molar-refractivity contribution in [3.8, 4) is 0 Å². The second kappa shape index (κ2) is 12.8. The van der Waals surface area contributed by atoms with E-state index in [1.54, 1.807) is 0 Å². The van der Waals surface area contributed by atoms with Gasteiger partial charge in [0, 0.05) is 26.2 Å². The summed E-state index contributed by atoms with van der Waals surface area (Å²) in [7, 11) is 2.16. The fourth-order valence-corrected chi connectivity index (χ4v) is 5.17. The van der Waals surface area contributed by atoms with Crippen molar-refractivity contribution in [2.75, 3.05) is 43.4 Å². The SMILES string of the molecule is C=C/C(=C\C(=C/C)c1ccc2[nH]nc(C(=C)Nc3cncc(N4CCN(C)CC4)c3C)c2n1)CCc1ccccc1. The number of nitrogens with one attached hydrogen (secondary N) is 2. The monoisotopic (exact) mass is 545 g/mol. The van der Waals surface area contributed by atoms with Crippen LogP contribution >= 0.6 is 0 Å². The maximum Gasteiger partial charge on any atom is 0.134 e. The molecular weight excluding hydrogens is 506 g/mol. The fourth-order valence-electron chi connectivity index (χ4n) is 5.17. The molecule has 4 aromatic rings. The summed E-state index contributed by atoms with van der Waals surface area (Å²) < 4.78 is 0. The molecule has 1 aliphatic heterocycles. The Bertz CT molecular complexity index is 1590. The van der Waals surface area contributed by atoms with E-state index in [1.165, 1.54) is 11.1 Å². The van der Waals surface area contributed by atoms with Crippen LogP contribution in [0.15, 0.2) is 91.8 Å². The molecule has 0 spiro atoms. The zero-order valence-corrected chi connectivity index (χ0v) is 24.3. The number of allylic oxidation sites excluding steroid dienone is 5. The molecule has 2 N–H and O–H groups in total. The van der Waals surface area contributed by atoms with Crippen molar-refractivity contribution >= 4 is 33.7 Å². The highest BCUT2D eigenvalue weighted by molar-refractivity contribution is 5.91. The number of aryl methyl sites for hydroxylation is 1. The van der Waals surface area contributed by atoms with Crippen LogP contribution in [0.25, 0.3) is 22.3 Å². The molecule has 1 fully saturated rings. The number of nitrogens with zero attached hydrogens (tertiary/aromatic N) is 5. The largest absolute Gasteiger partial charge is 0.367 e. The number of fused-ring (bicyclic) bond motifs is 1. The van der Waals surface area contributed by atoms with E-state index in [0.717, 1.165) is 78.3 Å². The van der Waals surface area contributed by atoms with Gasteiger partial charge >= 0.3 is 0 Å². The smallest absolute Gasteiger partial charge is 0.134 e. The average Bonchev–Trinajstić information content (AvgIpc) is 3.43. The second-order valence-electron chi connectivity index (χ2n) is 10.5. The lowest BCUT2D eigenvalue weighted by Gasteiger charge is -2.35. The molecule has 0 aliphatic carbocycles. The summed E-state index contributed by atoms with van der Waals surface area (Å²) in [5, 5.41) is 11.2. The van der Waals surface area contributed by atoms with Crippen LogP contribution in [0.2, 0.25) is 0 Å². The topological polar surface area (TPSA) is 73.0 Å². The summed E-state index contributed by atoms with van der Waals surface area (Å²) in [4.78, 5) is 14.3. The maximum absolute atomic E-state index is 5.02. The molecule has 0 unspecified atom stereocenters. The Morgan fingerprint density at radius 2 is 1.85 bits per heavy atom. The van der Waals surface area contributed by atoms with Crippen LogP contribution < -0.4 is 10.2 Å². The van der Waals surface area contributed by atoms with Gasteiger partial charge < -0.3 is 15.1 Å². The van der Waals surface area contributed by atoms with Crippen LogP contribution in [0.4, 0.5) is 11.4 Å². The minimum atomic E-state index is 0.675. The third-order valence-electron chi connectivity index (χ3n) is 7.77. The Morgan fingerprint density at radius 3 is 2.59 bits per heavy atom. The van der Waals surface area contributed by atoms with Gasteiger partial charge in [-0.3, -0.25) is 10.1 Å². The number of likely N-dealkylation sites (N-methyl/N-ethyl adjacent to an activating group) is 1. The van der Waals surface area contributed by atoms with E-state index < -0.39 is 0 Å². The summed E-state index contributed by atoms with van der Waals surface area (Å²) in [6.07, 6.45) is 11.9. The first-order valence-corrected chi connectivity index (χ1v) is 14.2. The molecule has 0 saturated carbocycles. The summed E-state index contributed by atoms with van der Waals surface area (Å²) in [5.41, 5.74) is 10.6. The first-order valence-electron chi connectivity index (χ1n) is 14.2. The van der Waals surface area contributed by atoms with Crippen molar-refractivity contribution in [3.63, 3.8) is 0 Å². The number of aromatic amines is 1. The van der Waals surface area contributed by atoms with E-state index in [-0.39, 0.29) is 0 Å². The third-order valence-corrected chi connectivity index (χ3v) is 7.77. The molecule has 1 aliphatic rings. The molecule has 3 aromatic heterocycles. The Kier molecular flexibility index (Phi) is 8.75. The van der Waals surface area contributed by atoms with Gasteiger partial charge in [-0.1, -0.05) is 55.6 Å². The molecule has 41 heavy (non-hydrogen) atoms. The lowest BCUT2D eigenvalue weighted by Crippen LogP contribution is -2.44. The van der Waals surface area contributed by atoms with Gasteiger partial charge in [0.2, 0.25) is 0 Å². The van der Waals surface area contributed by atoms with Crippen LogP contribution in [0.3, 0.4) is 0 Å². The van der Waals surface area contributed by atoms with Crippen molar-refractivity contribution < 1.29 is 0 Å². The van der Waals surface area contributed by atoms with Crippen molar-refractivity contribution in [2.24, 2.45) is 0 Å². The molecule has 210 valence electrons. The molecule has 7 heteroatoms. The predicted molar refractivity (Wildman–Crippen MR) is 172 cm³/mol. The molecule has 0 atom stereocenters. The van der Waals surface area contributed by atoms with Gasteiger partial charge in [0.25, 0.3) is 0 Å². The van der Waals surface area contributed by atoms with E-state index in [2.05, 4.69) is 93.8 Å². The summed E-state index contributed by atoms with van der Waals surface area (Å²) >= 11 is 0. The number of piperazine rings is 1. The highest BCUT2D eigenvalue weighted by Crippen LogP contribution is 2.30. The van der Waals surface area contributed by atoms with Gasteiger partial charge in [-0.25, -0.2) is 4.98 Å². The van der Waals surface area contributed by atoms with Gasteiger partial charge in [0.1, 0.15) is 11.2 Å². The van der Waals surface area contributed by atoms with Crippen molar-refractivity contribution in [1.82, 2.24) is 25.1 Å². The van der Waals surface area contributed by atoms with Crippen LogP contribution in [-0.4, -0.2) is 58.3 Å². The zero-order chi connectivity index (χ0) is 28.8. The minimum Gasteiger partial charge on any atom is -0.367 e. The summed E-state index contributed by atoms with van der Waals surface area (Å²) in [5.74, 6) is 0. The van der Waals surface area contributed by atoms with Gasteiger partial charge in [-0.15, -0.1) is 0 Å². The van der Waals surface area contributed by atoms with Crippen molar-refractivity contribution in [2.45, 2.75) is 26.7 Å². The molecule has 0 amide bonds. The van der Waals surface area contributed by atoms with Crippen LogP contribution in [0.1, 0.15) is 35.9 Å². The normalized spacial score (nSPS) is 14.9. The lowest BCUT2D eigenvalue weighted by atomic mass is 10.0. The average molecular weight is 546 g/mol. The Balaban J connectivity index is 1.36. The number of hydrogen-bond acceptors (Lipinski definition) is 6. The van der Waals surface area contributed by atoms with Crippen molar-refractivity contribution in [1.29, 1.82) is 0 Å². The fraction of sp³-hybridized carbons (Fsp3) is 0.265. The highest BCUT2D eigenvalue weighted by Gasteiger charge is 2.19. The molecule has 7 nitrogen and oxygen atoms in total. The first kappa shape index (κ1) is 28.1. The molecule has 0 bridgehead atoms. The summed E-state index contributed by atoms with van der Waals surface area (Å²) in [6.45, 7) is 16.6. The second-order valence-corrected chi connectivity index (χ2v) is 10.5. The van der Waals surface area contributed by atoms with Gasteiger partial charge in [0.05, 0.1) is 40.7 Å². The number of aromatic nitrogens is 4. The Labute approximate surface area is 243 Å². The number of rotatable bonds is 10.